The largest absolute Gasteiger partial charge is 0.370 e. The van der Waals surface area contributed by atoms with Crippen LogP contribution in [0.3, 0.4) is 0 Å². The van der Waals surface area contributed by atoms with E-state index in [2.05, 4.69) is 23.8 Å². The van der Waals surface area contributed by atoms with Crippen LogP contribution in [0.25, 0.3) is 0 Å². The molecule has 1 rings (SSSR count). The van der Waals surface area contributed by atoms with Crippen molar-refractivity contribution in [3.8, 4) is 0 Å². The molecule has 1 aliphatic carbocycles. The number of nitrogens with one attached hydrogen (secondary N) is 1. The summed E-state index contributed by atoms with van der Waals surface area (Å²) in [6.07, 6.45) is 5.16. The zero-order valence-corrected chi connectivity index (χ0v) is 12.7. The third-order valence-corrected chi connectivity index (χ3v) is 2.89. The van der Waals surface area contributed by atoms with Gasteiger partial charge in [0.2, 0.25) is 0 Å². The smallest absolute Gasteiger partial charge is 0.188 e. The van der Waals surface area contributed by atoms with Crippen LogP contribution in [0, 0.1) is 5.41 Å². The van der Waals surface area contributed by atoms with Gasteiger partial charge in [-0.2, -0.15) is 0 Å². The van der Waals surface area contributed by atoms with E-state index >= 15 is 0 Å². The molecular formula is C12H24IN3. The van der Waals surface area contributed by atoms with Gasteiger partial charge in [0.1, 0.15) is 0 Å². The van der Waals surface area contributed by atoms with Crippen LogP contribution >= 0.6 is 24.0 Å². The Kier molecular flexibility index (Phi) is 7.03. The van der Waals surface area contributed by atoms with Crippen LogP contribution < -0.4 is 11.1 Å². The van der Waals surface area contributed by atoms with Crippen molar-refractivity contribution >= 4 is 29.9 Å². The normalized spacial score (nSPS) is 17.5. The van der Waals surface area contributed by atoms with E-state index < -0.39 is 0 Å². The molecule has 94 valence electrons. The minimum atomic E-state index is 0. The number of nitrogens with zero attached hydrogens (tertiary/aromatic N) is 1. The quantitative estimate of drug-likeness (QED) is 0.339. The number of halogens is 1. The number of aliphatic imine (C=N–C) groups is 1. The molecule has 0 aromatic carbocycles. The predicted octanol–water partition coefficient (Wildman–Crippen LogP) is 2.67. The maximum Gasteiger partial charge on any atom is 0.188 e. The number of guanidine groups is 1. The molecule has 0 aliphatic heterocycles. The molecule has 0 heterocycles. The van der Waals surface area contributed by atoms with Crippen molar-refractivity contribution in [1.82, 2.24) is 5.32 Å². The molecule has 0 spiro atoms. The Hall–Kier alpha value is -0.260. The fourth-order valence-corrected chi connectivity index (χ4v) is 1.74. The highest BCUT2D eigenvalue weighted by atomic mass is 127. The molecule has 0 saturated heterocycles. The summed E-state index contributed by atoms with van der Waals surface area (Å²) in [6, 6.07) is 0. The summed E-state index contributed by atoms with van der Waals surface area (Å²) in [6.45, 7) is 9.61. The molecule has 0 bridgehead atoms. The van der Waals surface area contributed by atoms with Gasteiger partial charge < -0.3 is 11.1 Å². The predicted molar refractivity (Wildman–Crippen MR) is 81.3 cm³/mol. The molecule has 0 atom stereocenters. The summed E-state index contributed by atoms with van der Waals surface area (Å²) in [4.78, 5) is 4.39. The molecule has 3 nitrogen and oxygen atoms in total. The Morgan fingerprint density at radius 2 is 2.12 bits per heavy atom. The van der Waals surface area contributed by atoms with E-state index in [4.69, 9.17) is 5.73 Å². The Morgan fingerprint density at radius 3 is 2.56 bits per heavy atom. The first-order chi connectivity index (χ1) is 7.08. The fraction of sp³-hybridized carbons (Fsp3) is 0.750. The van der Waals surface area contributed by atoms with Crippen LogP contribution in [0.4, 0.5) is 0 Å². The second-order valence-electron chi connectivity index (χ2n) is 4.76. The molecule has 1 aliphatic rings. The lowest BCUT2D eigenvalue weighted by Gasteiger charge is -2.11. The zero-order chi connectivity index (χ0) is 11.3. The van der Waals surface area contributed by atoms with Crippen LogP contribution in [0.1, 0.15) is 39.5 Å². The number of rotatable bonds is 6. The van der Waals surface area contributed by atoms with Gasteiger partial charge in [0.25, 0.3) is 0 Å². The van der Waals surface area contributed by atoms with Gasteiger partial charge >= 0.3 is 0 Å². The van der Waals surface area contributed by atoms with E-state index in [1.54, 1.807) is 0 Å². The standard InChI is InChI=1S/C12H23N3.HI/c1-4-5-12(6-7-12)9-15-11(13)14-8-10(2)3;/h2,4-9H2,1,3H3,(H3,13,14,15);1H. The van der Waals surface area contributed by atoms with Crippen LogP contribution in [0.15, 0.2) is 17.1 Å². The molecular weight excluding hydrogens is 313 g/mol. The van der Waals surface area contributed by atoms with Crippen molar-refractivity contribution in [3.63, 3.8) is 0 Å². The van der Waals surface area contributed by atoms with Gasteiger partial charge in [0.15, 0.2) is 5.96 Å². The van der Waals surface area contributed by atoms with E-state index in [1.807, 2.05) is 6.92 Å². The minimum absolute atomic E-state index is 0. The van der Waals surface area contributed by atoms with Crippen molar-refractivity contribution in [2.45, 2.75) is 39.5 Å². The summed E-state index contributed by atoms with van der Waals surface area (Å²) in [5.74, 6) is 0.556. The zero-order valence-electron chi connectivity index (χ0n) is 10.4. The first-order valence-electron chi connectivity index (χ1n) is 5.76. The van der Waals surface area contributed by atoms with E-state index in [-0.39, 0.29) is 24.0 Å². The van der Waals surface area contributed by atoms with E-state index in [0.717, 1.165) is 18.7 Å². The van der Waals surface area contributed by atoms with Gasteiger partial charge in [-0.1, -0.05) is 25.5 Å². The topological polar surface area (TPSA) is 50.4 Å². The minimum Gasteiger partial charge on any atom is -0.370 e. The first kappa shape index (κ1) is 15.7. The molecule has 16 heavy (non-hydrogen) atoms. The second-order valence-corrected chi connectivity index (χ2v) is 4.76. The maximum absolute atomic E-state index is 5.75. The van der Waals surface area contributed by atoms with Gasteiger partial charge in [-0.3, -0.25) is 4.99 Å². The average molecular weight is 337 g/mol. The number of hydrogen-bond donors (Lipinski definition) is 2. The first-order valence-corrected chi connectivity index (χ1v) is 5.76. The third kappa shape index (κ3) is 5.72. The van der Waals surface area contributed by atoms with Gasteiger partial charge in [-0.15, -0.1) is 24.0 Å². The Balaban J connectivity index is 0.00000225. The van der Waals surface area contributed by atoms with E-state index in [1.165, 1.54) is 25.7 Å². The van der Waals surface area contributed by atoms with Gasteiger partial charge in [0.05, 0.1) is 0 Å². The van der Waals surface area contributed by atoms with E-state index in [9.17, 15) is 0 Å². The van der Waals surface area contributed by atoms with Crippen molar-refractivity contribution in [2.75, 3.05) is 13.1 Å². The molecule has 0 radical (unpaired) electrons. The number of hydrogen-bond acceptors (Lipinski definition) is 1. The van der Waals surface area contributed by atoms with Crippen molar-refractivity contribution in [2.24, 2.45) is 16.1 Å². The molecule has 4 heteroatoms. The van der Waals surface area contributed by atoms with Gasteiger partial charge in [-0.05, 0) is 31.6 Å². The number of nitrogens with two attached hydrogens (primary N) is 1. The highest BCUT2D eigenvalue weighted by molar-refractivity contribution is 14.0. The Bertz CT molecular complexity index is 257. The lowest BCUT2D eigenvalue weighted by molar-refractivity contribution is 0.472. The molecule has 0 aromatic heterocycles. The van der Waals surface area contributed by atoms with Crippen LogP contribution in [-0.4, -0.2) is 19.0 Å². The lowest BCUT2D eigenvalue weighted by atomic mass is 10.0. The monoisotopic (exact) mass is 337 g/mol. The third-order valence-electron chi connectivity index (χ3n) is 2.89. The Labute approximate surface area is 116 Å². The second kappa shape index (κ2) is 7.14. The highest BCUT2D eigenvalue weighted by Crippen LogP contribution is 2.49. The fourth-order valence-electron chi connectivity index (χ4n) is 1.74. The molecule has 3 N–H and O–H groups in total. The van der Waals surface area contributed by atoms with Gasteiger partial charge in [-0.25, -0.2) is 0 Å². The lowest BCUT2D eigenvalue weighted by Crippen LogP contribution is -2.33. The summed E-state index contributed by atoms with van der Waals surface area (Å²) < 4.78 is 0. The molecule has 1 saturated carbocycles. The average Bonchev–Trinajstić information content (AvgIpc) is 2.93. The van der Waals surface area contributed by atoms with Crippen molar-refractivity contribution in [1.29, 1.82) is 0 Å². The summed E-state index contributed by atoms with van der Waals surface area (Å²) in [7, 11) is 0. The molecule has 0 amide bonds. The van der Waals surface area contributed by atoms with Crippen LogP contribution in [0.5, 0.6) is 0 Å². The molecule has 1 fully saturated rings. The highest BCUT2D eigenvalue weighted by Gasteiger charge is 2.41. The van der Waals surface area contributed by atoms with Crippen molar-refractivity contribution < 1.29 is 0 Å². The van der Waals surface area contributed by atoms with Crippen LogP contribution in [0.2, 0.25) is 0 Å². The SMILES string of the molecule is C=C(C)CNC(N)=NCC1(CCC)CC1.I. The van der Waals surface area contributed by atoms with Crippen molar-refractivity contribution in [3.05, 3.63) is 12.2 Å². The molecule has 0 aromatic rings. The van der Waals surface area contributed by atoms with Crippen LogP contribution in [-0.2, 0) is 0 Å². The molecule has 0 unspecified atom stereocenters. The summed E-state index contributed by atoms with van der Waals surface area (Å²) in [5, 5.41) is 3.05. The summed E-state index contributed by atoms with van der Waals surface area (Å²) in [5.41, 5.74) is 7.31. The summed E-state index contributed by atoms with van der Waals surface area (Å²) >= 11 is 0. The Morgan fingerprint density at radius 1 is 1.50 bits per heavy atom. The van der Waals surface area contributed by atoms with Gasteiger partial charge in [0, 0.05) is 13.1 Å². The van der Waals surface area contributed by atoms with E-state index in [0.29, 0.717) is 11.4 Å². The maximum atomic E-state index is 5.75.